The molecule has 1 unspecified atom stereocenters. The Kier molecular flexibility index (Phi) is 6.61. The number of unbranched alkanes of at least 4 members (excludes halogenated alkanes) is 2. The van der Waals surface area contributed by atoms with Gasteiger partial charge in [0.1, 0.15) is 5.69 Å². The summed E-state index contributed by atoms with van der Waals surface area (Å²) in [6, 6.07) is 4.20. The first-order chi connectivity index (χ1) is 9.99. The van der Waals surface area contributed by atoms with E-state index in [1.54, 1.807) is 0 Å². The summed E-state index contributed by atoms with van der Waals surface area (Å²) in [5, 5.41) is 13.8. The van der Waals surface area contributed by atoms with Crippen molar-refractivity contribution in [1.29, 1.82) is 0 Å². The van der Waals surface area contributed by atoms with Crippen LogP contribution >= 0.6 is 0 Å². The maximum atomic E-state index is 12.1. The lowest BCUT2D eigenvalue weighted by Gasteiger charge is -2.14. The normalized spacial score (nSPS) is 11.8. The quantitative estimate of drug-likeness (QED) is 0.295. The second-order valence-corrected chi connectivity index (χ2v) is 5.00. The summed E-state index contributed by atoms with van der Waals surface area (Å²) in [5.41, 5.74) is 2.45. The third-order valence-corrected chi connectivity index (χ3v) is 3.23. The van der Waals surface area contributed by atoms with Gasteiger partial charge in [-0.15, -0.1) is 0 Å². The van der Waals surface area contributed by atoms with Crippen molar-refractivity contribution >= 4 is 17.3 Å². The fourth-order valence-electron chi connectivity index (χ4n) is 2.03. The number of nitrogens with zero attached hydrogens (tertiary/aromatic N) is 1. The highest BCUT2D eigenvalue weighted by molar-refractivity contribution is 5.95. The molecular weight excluding hydrogens is 272 g/mol. The van der Waals surface area contributed by atoms with Gasteiger partial charge in [0.25, 0.3) is 11.6 Å². The van der Waals surface area contributed by atoms with E-state index in [9.17, 15) is 14.9 Å². The third-order valence-electron chi connectivity index (χ3n) is 3.23. The van der Waals surface area contributed by atoms with Gasteiger partial charge in [-0.3, -0.25) is 20.8 Å². The number of hydrazine groups is 1. The van der Waals surface area contributed by atoms with Crippen LogP contribution in [0.15, 0.2) is 18.2 Å². The average Bonchev–Trinajstić information content (AvgIpc) is 2.46. The highest BCUT2D eigenvalue weighted by Crippen LogP contribution is 2.24. The Hall–Kier alpha value is -2.15. The molecule has 0 heterocycles. The molecule has 1 atom stereocenters. The first kappa shape index (κ1) is 16.9. The fourth-order valence-corrected chi connectivity index (χ4v) is 2.03. The van der Waals surface area contributed by atoms with Crippen LogP contribution in [-0.2, 0) is 0 Å². The Balaban J connectivity index is 2.74. The molecule has 0 saturated heterocycles. The molecule has 4 N–H and O–H groups in total. The molecule has 116 valence electrons. The summed E-state index contributed by atoms with van der Waals surface area (Å²) >= 11 is 0. The molecule has 0 aliphatic rings. The lowest BCUT2D eigenvalue weighted by molar-refractivity contribution is -0.384. The van der Waals surface area contributed by atoms with Crippen molar-refractivity contribution in [3.8, 4) is 0 Å². The number of hydrogen-bond acceptors (Lipinski definition) is 5. The zero-order valence-electron chi connectivity index (χ0n) is 12.4. The van der Waals surface area contributed by atoms with E-state index in [-0.39, 0.29) is 28.9 Å². The van der Waals surface area contributed by atoms with E-state index in [0.29, 0.717) is 0 Å². The van der Waals surface area contributed by atoms with Crippen molar-refractivity contribution in [2.45, 2.75) is 45.6 Å². The Morgan fingerprint density at radius 1 is 1.43 bits per heavy atom. The fraction of sp³-hybridized carbons (Fsp3) is 0.500. The summed E-state index contributed by atoms with van der Waals surface area (Å²) in [6.45, 7) is 4.05. The number of nitro benzene ring substituents is 1. The first-order valence-corrected chi connectivity index (χ1v) is 7.05. The molecule has 0 fully saturated rings. The number of nitrogens with two attached hydrogens (primary N) is 1. The topological polar surface area (TPSA) is 110 Å². The minimum absolute atomic E-state index is 0.0374. The molecular formula is C14H22N4O3. The van der Waals surface area contributed by atoms with Gasteiger partial charge < -0.3 is 10.7 Å². The largest absolute Gasteiger partial charge is 0.350 e. The van der Waals surface area contributed by atoms with Crippen molar-refractivity contribution in [3.05, 3.63) is 33.9 Å². The summed E-state index contributed by atoms with van der Waals surface area (Å²) in [4.78, 5) is 22.4. The Bertz CT molecular complexity index is 505. The maximum absolute atomic E-state index is 12.1. The maximum Gasteiger partial charge on any atom is 0.294 e. The molecule has 0 radical (unpaired) electrons. The van der Waals surface area contributed by atoms with Crippen LogP contribution in [0.5, 0.6) is 0 Å². The van der Waals surface area contributed by atoms with Crippen LogP contribution < -0.4 is 16.6 Å². The van der Waals surface area contributed by atoms with Gasteiger partial charge in [0.15, 0.2) is 0 Å². The molecule has 1 aromatic rings. The zero-order valence-corrected chi connectivity index (χ0v) is 12.4. The number of nitrogen functional groups attached to an aromatic ring is 1. The number of benzene rings is 1. The van der Waals surface area contributed by atoms with Gasteiger partial charge in [-0.1, -0.05) is 26.2 Å². The van der Waals surface area contributed by atoms with Gasteiger partial charge in [0.05, 0.1) is 4.92 Å². The minimum Gasteiger partial charge on any atom is -0.350 e. The van der Waals surface area contributed by atoms with Crippen LogP contribution in [0.1, 0.15) is 49.9 Å². The van der Waals surface area contributed by atoms with Crippen molar-refractivity contribution in [2.75, 3.05) is 5.43 Å². The predicted molar refractivity (Wildman–Crippen MR) is 82.0 cm³/mol. The molecule has 0 saturated carbocycles. The van der Waals surface area contributed by atoms with Crippen molar-refractivity contribution < 1.29 is 9.72 Å². The summed E-state index contributed by atoms with van der Waals surface area (Å²) in [6.07, 6.45) is 4.20. The van der Waals surface area contributed by atoms with E-state index in [2.05, 4.69) is 17.7 Å². The van der Waals surface area contributed by atoms with Gasteiger partial charge in [-0.2, -0.15) is 0 Å². The molecule has 1 rings (SSSR count). The van der Waals surface area contributed by atoms with Gasteiger partial charge >= 0.3 is 0 Å². The number of carbonyl (C=O) groups is 1. The lowest BCUT2D eigenvalue weighted by atomic mass is 10.1. The molecule has 1 amide bonds. The molecule has 0 aliphatic carbocycles. The van der Waals surface area contributed by atoms with E-state index in [4.69, 9.17) is 5.84 Å². The molecule has 7 nitrogen and oxygen atoms in total. The summed E-state index contributed by atoms with van der Waals surface area (Å²) in [7, 11) is 0. The van der Waals surface area contributed by atoms with Gasteiger partial charge in [-0.05, 0) is 25.5 Å². The first-order valence-electron chi connectivity index (χ1n) is 7.05. The monoisotopic (exact) mass is 294 g/mol. The molecule has 1 aromatic carbocycles. The number of nitrogens with one attached hydrogen (secondary N) is 2. The van der Waals surface area contributed by atoms with Crippen molar-refractivity contribution in [1.82, 2.24) is 5.32 Å². The number of rotatable bonds is 8. The molecule has 7 heteroatoms. The van der Waals surface area contributed by atoms with E-state index < -0.39 is 4.92 Å². The van der Waals surface area contributed by atoms with E-state index in [0.717, 1.165) is 25.7 Å². The van der Waals surface area contributed by atoms with Gasteiger partial charge in [0.2, 0.25) is 0 Å². The lowest BCUT2D eigenvalue weighted by Crippen LogP contribution is -2.32. The van der Waals surface area contributed by atoms with Crippen LogP contribution in [0.2, 0.25) is 0 Å². The standard InChI is InChI=1S/C14H22N4O3/c1-3-4-5-6-10(2)16-14(19)11-7-8-12(17-15)13(9-11)18(20)21/h7-10,17H,3-6,15H2,1-2H3,(H,16,19). The van der Waals surface area contributed by atoms with E-state index in [1.807, 2.05) is 6.92 Å². The second kappa shape index (κ2) is 8.21. The van der Waals surface area contributed by atoms with Crippen molar-refractivity contribution in [3.63, 3.8) is 0 Å². The average molecular weight is 294 g/mol. The smallest absolute Gasteiger partial charge is 0.294 e. The zero-order chi connectivity index (χ0) is 15.8. The molecule has 0 aromatic heterocycles. The number of nitro groups is 1. The number of carbonyl (C=O) groups excluding carboxylic acids is 1. The highest BCUT2D eigenvalue weighted by atomic mass is 16.6. The Morgan fingerprint density at radius 3 is 2.71 bits per heavy atom. The number of amides is 1. The predicted octanol–water partition coefficient (Wildman–Crippen LogP) is 2.58. The summed E-state index contributed by atoms with van der Waals surface area (Å²) < 4.78 is 0. The summed E-state index contributed by atoms with van der Waals surface area (Å²) in [5.74, 6) is 4.89. The van der Waals surface area contributed by atoms with Crippen LogP contribution in [0.4, 0.5) is 11.4 Å². The number of anilines is 1. The SMILES string of the molecule is CCCCCC(C)NC(=O)c1ccc(NN)c([N+](=O)[O-])c1. The van der Waals surface area contributed by atoms with Crippen molar-refractivity contribution in [2.24, 2.45) is 5.84 Å². The van der Waals surface area contributed by atoms with Crippen LogP contribution in [0.3, 0.4) is 0 Å². The van der Waals surface area contributed by atoms with Crippen LogP contribution in [0.25, 0.3) is 0 Å². The van der Waals surface area contributed by atoms with Gasteiger partial charge in [-0.25, -0.2) is 0 Å². The Morgan fingerprint density at radius 2 is 2.14 bits per heavy atom. The van der Waals surface area contributed by atoms with E-state index in [1.165, 1.54) is 18.2 Å². The number of hydrogen-bond donors (Lipinski definition) is 3. The highest BCUT2D eigenvalue weighted by Gasteiger charge is 2.17. The van der Waals surface area contributed by atoms with Crippen LogP contribution in [0, 0.1) is 10.1 Å². The molecule has 21 heavy (non-hydrogen) atoms. The molecule has 0 spiro atoms. The Labute approximate surface area is 124 Å². The van der Waals surface area contributed by atoms with Gasteiger partial charge in [0, 0.05) is 17.7 Å². The second-order valence-electron chi connectivity index (χ2n) is 5.00. The van der Waals surface area contributed by atoms with Crippen LogP contribution in [-0.4, -0.2) is 16.9 Å². The minimum atomic E-state index is -0.573. The molecule has 0 bridgehead atoms. The third kappa shape index (κ3) is 5.03. The van der Waals surface area contributed by atoms with E-state index >= 15 is 0 Å². The molecule has 0 aliphatic heterocycles.